The SMILES string of the molecule is CC(C)(CO)C(O)C(=O)NCCCO.CC(C)(CO)C(O)C(=O)NCCCO.CCOCC. The number of nitrogens with one attached hydrogen (secondary N) is 2. The number of amides is 2. The summed E-state index contributed by atoms with van der Waals surface area (Å²) >= 11 is 0. The summed E-state index contributed by atoms with van der Waals surface area (Å²) in [6.07, 6.45) is -1.55. The highest BCUT2D eigenvalue weighted by Gasteiger charge is 2.33. The molecule has 0 rings (SSSR count). The van der Waals surface area contributed by atoms with Crippen LogP contribution in [0, 0.1) is 10.8 Å². The molecule has 0 fully saturated rings. The predicted octanol–water partition coefficient (Wildman–Crippen LogP) is -1.23. The summed E-state index contributed by atoms with van der Waals surface area (Å²) in [5.41, 5.74) is -1.69. The largest absolute Gasteiger partial charge is 0.396 e. The van der Waals surface area contributed by atoms with Gasteiger partial charge in [0, 0.05) is 50.3 Å². The lowest BCUT2D eigenvalue weighted by atomic mass is 9.87. The van der Waals surface area contributed by atoms with Gasteiger partial charge >= 0.3 is 0 Å². The quantitative estimate of drug-likeness (QED) is 0.140. The molecule has 0 aliphatic rings. The fourth-order valence-corrected chi connectivity index (χ4v) is 1.86. The van der Waals surface area contributed by atoms with Gasteiger partial charge in [-0.05, 0) is 26.7 Å². The number of carbonyl (C=O) groups is 2. The van der Waals surface area contributed by atoms with Crippen molar-refractivity contribution >= 4 is 11.8 Å². The molecule has 0 saturated carbocycles. The Bertz CT molecular complexity index is 446. The van der Waals surface area contributed by atoms with Gasteiger partial charge in [0.25, 0.3) is 0 Å². The molecule has 0 aliphatic heterocycles. The monoisotopic (exact) mass is 484 g/mol. The molecule has 0 aromatic heterocycles. The summed E-state index contributed by atoms with van der Waals surface area (Å²) in [5, 5.41) is 58.7. The van der Waals surface area contributed by atoms with Gasteiger partial charge in [-0.3, -0.25) is 9.59 Å². The zero-order valence-electron chi connectivity index (χ0n) is 21.1. The van der Waals surface area contributed by atoms with Crippen LogP contribution < -0.4 is 10.6 Å². The maximum absolute atomic E-state index is 11.3. The second-order valence-electron chi connectivity index (χ2n) is 8.62. The van der Waals surface area contributed by atoms with Gasteiger partial charge in [-0.2, -0.15) is 0 Å². The highest BCUT2D eigenvalue weighted by atomic mass is 16.5. The summed E-state index contributed by atoms with van der Waals surface area (Å²) in [5.74, 6) is -1.03. The van der Waals surface area contributed by atoms with E-state index >= 15 is 0 Å². The number of aliphatic hydroxyl groups excluding tert-OH is 6. The molecule has 2 unspecified atom stereocenters. The van der Waals surface area contributed by atoms with Crippen molar-refractivity contribution in [1.82, 2.24) is 10.6 Å². The van der Waals surface area contributed by atoms with E-state index in [-0.39, 0.29) is 26.4 Å². The Morgan fingerprint density at radius 1 is 0.727 bits per heavy atom. The highest BCUT2D eigenvalue weighted by Crippen LogP contribution is 2.20. The molecular weight excluding hydrogens is 436 g/mol. The maximum Gasteiger partial charge on any atom is 0.249 e. The zero-order valence-corrected chi connectivity index (χ0v) is 21.1. The van der Waals surface area contributed by atoms with Crippen LogP contribution in [0.2, 0.25) is 0 Å². The standard InChI is InChI=1S/2C9H19NO4.C4H10O/c2*1-9(2,6-12)7(13)8(14)10-4-3-5-11;1-3-5-4-2/h2*7,11-13H,3-6H2,1-2H3,(H,10,14);3-4H2,1-2H3. The number of rotatable bonds is 14. The van der Waals surface area contributed by atoms with Crippen LogP contribution in [0.4, 0.5) is 0 Å². The van der Waals surface area contributed by atoms with Gasteiger partial charge in [0.1, 0.15) is 12.2 Å². The fraction of sp³-hybridized carbons (Fsp3) is 0.909. The molecule has 2 amide bonds. The van der Waals surface area contributed by atoms with Crippen molar-refractivity contribution in [2.45, 2.75) is 66.6 Å². The third kappa shape index (κ3) is 18.7. The van der Waals surface area contributed by atoms with Crippen molar-refractivity contribution < 1.29 is 45.0 Å². The van der Waals surface area contributed by atoms with Gasteiger partial charge in [0.05, 0.1) is 13.2 Å². The summed E-state index contributed by atoms with van der Waals surface area (Å²) in [7, 11) is 0. The van der Waals surface area contributed by atoms with Crippen LogP contribution in [0.15, 0.2) is 0 Å². The van der Waals surface area contributed by atoms with Gasteiger partial charge in [0.2, 0.25) is 11.8 Å². The third-order valence-electron chi connectivity index (χ3n) is 4.47. The van der Waals surface area contributed by atoms with Crippen LogP contribution >= 0.6 is 0 Å². The van der Waals surface area contributed by atoms with Gasteiger partial charge < -0.3 is 46.0 Å². The average Bonchev–Trinajstić information content (AvgIpc) is 2.79. The summed E-state index contributed by atoms with van der Waals surface area (Å²) in [6, 6.07) is 0. The minimum Gasteiger partial charge on any atom is -0.396 e. The van der Waals surface area contributed by atoms with Crippen LogP contribution in [0.3, 0.4) is 0 Å². The van der Waals surface area contributed by atoms with Gasteiger partial charge in [0.15, 0.2) is 0 Å². The second kappa shape index (κ2) is 21.2. The van der Waals surface area contributed by atoms with E-state index in [1.165, 1.54) is 0 Å². The van der Waals surface area contributed by atoms with E-state index in [1.807, 2.05) is 13.8 Å². The Morgan fingerprint density at radius 2 is 1.03 bits per heavy atom. The molecule has 0 aliphatic carbocycles. The van der Waals surface area contributed by atoms with E-state index in [0.717, 1.165) is 13.2 Å². The van der Waals surface area contributed by atoms with Gasteiger partial charge in [-0.1, -0.05) is 27.7 Å². The molecule has 8 N–H and O–H groups in total. The lowest BCUT2D eigenvalue weighted by molar-refractivity contribution is -0.137. The number of ether oxygens (including phenoxy) is 1. The van der Waals surface area contributed by atoms with Crippen LogP contribution in [0.1, 0.15) is 54.4 Å². The molecule has 0 saturated heterocycles. The van der Waals surface area contributed by atoms with E-state index < -0.39 is 34.9 Å². The van der Waals surface area contributed by atoms with Crippen molar-refractivity contribution in [2.24, 2.45) is 10.8 Å². The first kappa shape index (κ1) is 36.2. The molecule has 200 valence electrons. The highest BCUT2D eigenvalue weighted by molar-refractivity contribution is 5.81. The second-order valence-corrected chi connectivity index (χ2v) is 8.62. The predicted molar refractivity (Wildman–Crippen MR) is 125 cm³/mol. The average molecular weight is 485 g/mol. The first-order chi connectivity index (χ1) is 15.3. The van der Waals surface area contributed by atoms with Crippen LogP contribution in [0.5, 0.6) is 0 Å². The minimum atomic E-state index is -1.23. The molecule has 0 aromatic carbocycles. The Hall–Kier alpha value is -1.34. The summed E-state index contributed by atoms with van der Waals surface area (Å²) in [6.45, 7) is 12.2. The molecule has 0 bridgehead atoms. The molecule has 0 spiro atoms. The Morgan fingerprint density at radius 3 is 1.21 bits per heavy atom. The fourth-order valence-electron chi connectivity index (χ4n) is 1.86. The molecule has 0 heterocycles. The Labute approximate surface area is 198 Å². The van der Waals surface area contributed by atoms with E-state index in [2.05, 4.69) is 10.6 Å². The molecule has 2 atom stereocenters. The minimum absolute atomic E-state index is 0.000230. The normalized spacial score (nSPS) is 13.0. The van der Waals surface area contributed by atoms with Crippen molar-refractivity contribution in [3.05, 3.63) is 0 Å². The first-order valence-electron chi connectivity index (χ1n) is 11.3. The molecule has 0 radical (unpaired) electrons. The molecular formula is C22H48N2O9. The van der Waals surface area contributed by atoms with E-state index in [4.69, 9.17) is 25.2 Å². The molecule has 33 heavy (non-hydrogen) atoms. The number of hydrogen-bond acceptors (Lipinski definition) is 9. The van der Waals surface area contributed by atoms with Gasteiger partial charge in [-0.25, -0.2) is 0 Å². The first-order valence-corrected chi connectivity index (χ1v) is 11.3. The number of carbonyl (C=O) groups excluding carboxylic acids is 2. The lowest BCUT2D eigenvalue weighted by Gasteiger charge is -2.27. The van der Waals surface area contributed by atoms with E-state index in [9.17, 15) is 19.8 Å². The van der Waals surface area contributed by atoms with E-state index in [0.29, 0.717) is 25.9 Å². The van der Waals surface area contributed by atoms with Crippen molar-refractivity contribution in [3.8, 4) is 0 Å². The summed E-state index contributed by atoms with van der Waals surface area (Å²) < 4.78 is 4.83. The Balaban J connectivity index is -0.000000453. The number of hydrogen-bond donors (Lipinski definition) is 8. The smallest absolute Gasteiger partial charge is 0.249 e. The zero-order chi connectivity index (χ0) is 26.5. The number of aliphatic hydroxyl groups is 6. The van der Waals surface area contributed by atoms with E-state index in [1.54, 1.807) is 27.7 Å². The van der Waals surface area contributed by atoms with Crippen molar-refractivity contribution in [3.63, 3.8) is 0 Å². The van der Waals surface area contributed by atoms with Crippen LogP contribution in [-0.4, -0.2) is 107 Å². The van der Waals surface area contributed by atoms with Crippen molar-refractivity contribution in [2.75, 3.05) is 52.7 Å². The maximum atomic E-state index is 11.3. The lowest BCUT2D eigenvalue weighted by Crippen LogP contribution is -2.45. The molecule has 0 aromatic rings. The molecule has 11 heteroatoms. The Kier molecular flexibility index (Phi) is 23.3. The summed E-state index contributed by atoms with van der Waals surface area (Å²) in [4.78, 5) is 22.5. The van der Waals surface area contributed by atoms with Gasteiger partial charge in [-0.15, -0.1) is 0 Å². The topological polar surface area (TPSA) is 189 Å². The van der Waals surface area contributed by atoms with Crippen LogP contribution in [0.25, 0.3) is 0 Å². The van der Waals surface area contributed by atoms with Crippen LogP contribution in [-0.2, 0) is 14.3 Å². The molecule has 11 nitrogen and oxygen atoms in total. The van der Waals surface area contributed by atoms with Crippen molar-refractivity contribution in [1.29, 1.82) is 0 Å². The third-order valence-corrected chi connectivity index (χ3v) is 4.47.